The predicted octanol–water partition coefficient (Wildman–Crippen LogP) is 6.22. The SMILES string of the molecule is CCC(=O)[C@H](Cc1ccc(-c2c(C(F)(F)F)cc(C)n(C)c2=O)c2c1COC2)NC(=O)c1c(F)cc(N[C@@H](C)CC)cc1F. The topological polar surface area (TPSA) is 89.4 Å². The molecule has 3 aromatic rings. The zero-order chi connectivity index (χ0) is 32.5. The van der Waals surface area contributed by atoms with Crippen molar-refractivity contribution in [3.63, 3.8) is 0 Å². The van der Waals surface area contributed by atoms with Crippen LogP contribution in [0.25, 0.3) is 11.1 Å². The van der Waals surface area contributed by atoms with Crippen molar-refractivity contribution < 1.29 is 36.3 Å². The highest BCUT2D eigenvalue weighted by molar-refractivity contribution is 5.98. The van der Waals surface area contributed by atoms with Gasteiger partial charge < -0.3 is 19.9 Å². The van der Waals surface area contributed by atoms with Crippen LogP contribution in [0.15, 0.2) is 35.1 Å². The number of anilines is 1. The molecular weight excluding hydrogens is 585 g/mol. The average Bonchev–Trinajstić information content (AvgIpc) is 3.45. The number of aromatic nitrogens is 1. The highest BCUT2D eigenvalue weighted by Gasteiger charge is 2.37. The monoisotopic (exact) mass is 619 g/mol. The maximum atomic E-state index is 14.9. The summed E-state index contributed by atoms with van der Waals surface area (Å²) in [5.74, 6) is -3.74. The lowest BCUT2D eigenvalue weighted by Crippen LogP contribution is -2.43. The van der Waals surface area contributed by atoms with Crippen molar-refractivity contribution in [1.82, 2.24) is 9.88 Å². The number of ether oxygens (including phenoxy) is 1. The fourth-order valence-electron chi connectivity index (χ4n) is 5.27. The van der Waals surface area contributed by atoms with Crippen LogP contribution < -0.4 is 16.2 Å². The fourth-order valence-corrected chi connectivity index (χ4v) is 5.27. The molecule has 7 nitrogen and oxygen atoms in total. The van der Waals surface area contributed by atoms with Crippen LogP contribution in [0, 0.1) is 18.6 Å². The molecule has 2 aromatic carbocycles. The van der Waals surface area contributed by atoms with Gasteiger partial charge in [0.1, 0.15) is 17.2 Å². The minimum atomic E-state index is -4.80. The molecule has 0 saturated heterocycles. The van der Waals surface area contributed by atoms with E-state index in [0.717, 1.165) is 22.8 Å². The molecule has 12 heteroatoms. The number of fused-ring (bicyclic) bond motifs is 1. The summed E-state index contributed by atoms with van der Waals surface area (Å²) < 4.78 is 78.7. The summed E-state index contributed by atoms with van der Waals surface area (Å²) in [4.78, 5) is 39.1. The number of aryl methyl sites for hydroxylation is 1. The summed E-state index contributed by atoms with van der Waals surface area (Å²) in [6.07, 6.45) is -4.21. The molecule has 4 rings (SSSR count). The van der Waals surface area contributed by atoms with E-state index in [1.807, 2.05) is 13.8 Å². The number of hydrogen-bond acceptors (Lipinski definition) is 5. The molecule has 2 heterocycles. The maximum Gasteiger partial charge on any atom is 0.417 e. The van der Waals surface area contributed by atoms with Crippen molar-refractivity contribution >= 4 is 17.4 Å². The summed E-state index contributed by atoms with van der Waals surface area (Å²) in [5.41, 5.74) is -1.53. The van der Waals surface area contributed by atoms with E-state index in [9.17, 15) is 36.3 Å². The van der Waals surface area contributed by atoms with Gasteiger partial charge in [-0.3, -0.25) is 14.4 Å². The van der Waals surface area contributed by atoms with Gasteiger partial charge in [-0.15, -0.1) is 0 Å². The summed E-state index contributed by atoms with van der Waals surface area (Å²) in [6.45, 7) is 6.64. The van der Waals surface area contributed by atoms with Crippen molar-refractivity contribution in [2.24, 2.45) is 7.05 Å². The van der Waals surface area contributed by atoms with Gasteiger partial charge in [-0.05, 0) is 60.7 Å². The van der Waals surface area contributed by atoms with Crippen LogP contribution in [0.3, 0.4) is 0 Å². The third-order valence-corrected chi connectivity index (χ3v) is 8.03. The van der Waals surface area contributed by atoms with E-state index in [0.29, 0.717) is 23.1 Å². The third kappa shape index (κ3) is 6.54. The van der Waals surface area contributed by atoms with Crippen LogP contribution in [-0.2, 0) is 42.4 Å². The Hall–Kier alpha value is -4.06. The first-order chi connectivity index (χ1) is 20.7. The highest BCUT2D eigenvalue weighted by atomic mass is 19.4. The third-order valence-electron chi connectivity index (χ3n) is 8.03. The van der Waals surface area contributed by atoms with Crippen molar-refractivity contribution in [1.29, 1.82) is 0 Å². The van der Waals surface area contributed by atoms with E-state index in [1.54, 1.807) is 6.92 Å². The van der Waals surface area contributed by atoms with Crippen molar-refractivity contribution in [2.45, 2.75) is 78.4 Å². The molecule has 0 radical (unpaired) electrons. The second-order valence-corrected chi connectivity index (χ2v) is 11.0. The first kappa shape index (κ1) is 32.8. The number of halogens is 5. The molecule has 0 fully saturated rings. The normalized spacial score (nSPS) is 14.2. The molecule has 236 valence electrons. The van der Waals surface area contributed by atoms with E-state index < -0.39 is 57.8 Å². The van der Waals surface area contributed by atoms with Gasteiger partial charge in [-0.1, -0.05) is 26.0 Å². The first-order valence-corrected chi connectivity index (χ1v) is 14.3. The van der Waals surface area contributed by atoms with Gasteiger partial charge in [-0.25, -0.2) is 8.78 Å². The summed E-state index contributed by atoms with van der Waals surface area (Å²) in [6, 6.07) is 4.54. The molecule has 0 saturated carbocycles. The molecule has 0 unspecified atom stereocenters. The number of amides is 1. The van der Waals surface area contributed by atoms with E-state index in [4.69, 9.17) is 4.74 Å². The standard InChI is InChI=1S/C32H34F5N3O4/c1-6-16(3)38-19-12-24(33)29(25(34)13-19)30(42)39-26(27(41)7-2)11-18-8-9-20(22-15-44-14-21(18)22)28-23(32(35,36)37)10-17(4)40(5)31(28)43/h8-10,12-13,16,26,38H,6-7,11,14-15H2,1-5H3,(H,39,42)/t16-,26-/m0/s1. The average molecular weight is 620 g/mol. The van der Waals surface area contributed by atoms with Gasteiger partial charge in [0.15, 0.2) is 5.78 Å². The van der Waals surface area contributed by atoms with Crippen LogP contribution in [0.5, 0.6) is 0 Å². The number of carbonyl (C=O) groups excluding carboxylic acids is 2. The quantitative estimate of drug-likeness (QED) is 0.263. The lowest BCUT2D eigenvalue weighted by molar-refractivity contribution is -0.137. The van der Waals surface area contributed by atoms with Crippen molar-refractivity contribution in [3.8, 4) is 11.1 Å². The number of alkyl halides is 3. The Morgan fingerprint density at radius 3 is 2.27 bits per heavy atom. The van der Waals surface area contributed by atoms with Gasteiger partial charge >= 0.3 is 6.18 Å². The van der Waals surface area contributed by atoms with Crippen LogP contribution >= 0.6 is 0 Å². The zero-order valence-corrected chi connectivity index (χ0v) is 25.0. The fraction of sp³-hybridized carbons (Fsp3) is 0.406. The molecule has 44 heavy (non-hydrogen) atoms. The molecule has 1 amide bonds. The number of ketones is 1. The summed E-state index contributed by atoms with van der Waals surface area (Å²) in [7, 11) is 1.39. The minimum Gasteiger partial charge on any atom is -0.382 e. The molecule has 2 N–H and O–H groups in total. The Balaban J connectivity index is 1.70. The number of hydrogen-bond donors (Lipinski definition) is 2. The van der Waals surface area contributed by atoms with E-state index in [1.165, 1.54) is 26.1 Å². The van der Waals surface area contributed by atoms with Crippen molar-refractivity contribution in [2.75, 3.05) is 5.32 Å². The number of rotatable bonds is 10. The number of nitrogens with one attached hydrogen (secondary N) is 2. The minimum absolute atomic E-state index is 0.000910. The van der Waals surface area contributed by atoms with Crippen LogP contribution in [-0.4, -0.2) is 28.3 Å². The highest BCUT2D eigenvalue weighted by Crippen LogP contribution is 2.40. The Morgan fingerprint density at radius 2 is 1.68 bits per heavy atom. The second kappa shape index (κ2) is 12.9. The zero-order valence-electron chi connectivity index (χ0n) is 25.0. The van der Waals surface area contributed by atoms with Gasteiger partial charge in [0.25, 0.3) is 11.5 Å². The van der Waals surface area contributed by atoms with E-state index in [2.05, 4.69) is 10.6 Å². The Morgan fingerprint density at radius 1 is 1.05 bits per heavy atom. The number of carbonyl (C=O) groups is 2. The number of pyridine rings is 1. The van der Waals surface area contributed by atoms with E-state index in [-0.39, 0.29) is 49.0 Å². The van der Waals surface area contributed by atoms with Crippen LogP contribution in [0.1, 0.15) is 71.9 Å². The Bertz CT molecular complexity index is 1640. The van der Waals surface area contributed by atoms with E-state index >= 15 is 0 Å². The van der Waals surface area contributed by atoms with Gasteiger partial charge in [0, 0.05) is 37.3 Å². The second-order valence-electron chi connectivity index (χ2n) is 11.0. The summed E-state index contributed by atoms with van der Waals surface area (Å²) in [5, 5.41) is 5.38. The summed E-state index contributed by atoms with van der Waals surface area (Å²) >= 11 is 0. The molecule has 2 atom stereocenters. The maximum absolute atomic E-state index is 14.9. The van der Waals surface area contributed by atoms with Crippen LogP contribution in [0.4, 0.5) is 27.6 Å². The lowest BCUT2D eigenvalue weighted by atomic mass is 9.88. The Labute approximate surface area is 251 Å². The largest absolute Gasteiger partial charge is 0.417 e. The molecule has 0 aliphatic carbocycles. The number of benzene rings is 2. The number of Topliss-reactive ketones (excluding diaryl/α,β-unsaturated/α-hetero) is 1. The van der Waals surface area contributed by atoms with Crippen molar-refractivity contribution in [3.05, 3.63) is 85.8 Å². The Kier molecular flexibility index (Phi) is 9.62. The van der Waals surface area contributed by atoms with Gasteiger partial charge in [0.05, 0.1) is 30.4 Å². The van der Waals surface area contributed by atoms with Crippen LogP contribution in [0.2, 0.25) is 0 Å². The smallest absolute Gasteiger partial charge is 0.382 e. The van der Waals surface area contributed by atoms with Gasteiger partial charge in [0.2, 0.25) is 0 Å². The molecule has 1 aromatic heterocycles. The lowest BCUT2D eigenvalue weighted by Gasteiger charge is -2.21. The molecular formula is C32H34F5N3O4. The predicted molar refractivity (Wildman–Crippen MR) is 155 cm³/mol. The molecule has 0 spiro atoms. The molecule has 1 aliphatic rings. The molecule has 1 aliphatic heterocycles. The molecule has 0 bridgehead atoms. The van der Waals surface area contributed by atoms with Gasteiger partial charge in [-0.2, -0.15) is 13.2 Å². The first-order valence-electron chi connectivity index (χ1n) is 14.3. The number of nitrogens with zero attached hydrogens (tertiary/aromatic N) is 1.